The van der Waals surface area contributed by atoms with Gasteiger partial charge in [-0.05, 0) is 41.7 Å². The second-order valence-electron chi connectivity index (χ2n) is 9.22. The van der Waals surface area contributed by atoms with Gasteiger partial charge in [0.15, 0.2) is 0 Å². The molecule has 0 amide bonds. The molecule has 1 aliphatic rings. The van der Waals surface area contributed by atoms with E-state index in [1.54, 1.807) is 12.3 Å². The molecule has 2 aromatic carbocycles. The van der Waals surface area contributed by atoms with E-state index >= 15 is 0 Å². The molecule has 1 fully saturated rings. The van der Waals surface area contributed by atoms with E-state index in [1.165, 1.54) is 18.5 Å². The van der Waals surface area contributed by atoms with Crippen LogP contribution < -0.4 is 5.73 Å². The average molecular weight is 499 g/mol. The predicted molar refractivity (Wildman–Crippen MR) is 155 cm³/mol. The Morgan fingerprint density at radius 2 is 1.67 bits per heavy atom. The van der Waals surface area contributed by atoms with E-state index in [0.29, 0.717) is 5.02 Å². The molecular weight excluding hydrogens is 464 g/mol. The standard InChI is InChI=1S/C31H35ClN4/c1-5-7-8-22(3)35-15-17-36(18-16-35)23(4)27-13-14-28-29(32)20-30(34-31(28)19-27)26-11-9-25(10-12-26)24(6-2)21-33/h6,9-14,19-21H,2-5,7-8,15-18,33H2,1H3/b24-21+. The van der Waals surface area contributed by atoms with Gasteiger partial charge in [0.05, 0.1) is 16.2 Å². The Labute approximate surface area is 220 Å². The molecule has 36 heavy (non-hydrogen) atoms. The van der Waals surface area contributed by atoms with Gasteiger partial charge in [-0.1, -0.05) is 87.2 Å². The Kier molecular flexibility index (Phi) is 8.17. The molecule has 2 N–H and O–H groups in total. The van der Waals surface area contributed by atoms with Crippen molar-refractivity contribution < 1.29 is 0 Å². The minimum Gasteiger partial charge on any atom is -0.404 e. The third-order valence-corrected chi connectivity index (χ3v) is 7.25. The summed E-state index contributed by atoms with van der Waals surface area (Å²) < 4.78 is 0. The number of nitrogens with zero attached hydrogens (tertiary/aromatic N) is 3. The van der Waals surface area contributed by atoms with E-state index in [-0.39, 0.29) is 0 Å². The van der Waals surface area contributed by atoms with Crippen LogP contribution in [-0.4, -0.2) is 41.0 Å². The fourth-order valence-electron chi connectivity index (χ4n) is 4.64. The number of piperazine rings is 1. The van der Waals surface area contributed by atoms with Crippen molar-refractivity contribution in [2.75, 3.05) is 26.2 Å². The average Bonchev–Trinajstić information content (AvgIpc) is 2.92. The van der Waals surface area contributed by atoms with Crippen LogP contribution in [0.5, 0.6) is 0 Å². The molecule has 0 atom stereocenters. The third-order valence-electron chi connectivity index (χ3n) is 6.93. The number of unbranched alkanes of at least 4 members (excludes halogenated alkanes) is 1. The van der Waals surface area contributed by atoms with Gasteiger partial charge in [-0.2, -0.15) is 0 Å². The van der Waals surface area contributed by atoms with Crippen LogP contribution >= 0.6 is 11.6 Å². The zero-order chi connectivity index (χ0) is 25.7. The van der Waals surface area contributed by atoms with Crippen molar-refractivity contribution in [2.24, 2.45) is 5.73 Å². The number of benzene rings is 2. The number of rotatable bonds is 9. The molecule has 5 heteroatoms. The Hall–Kier alpha value is -3.50. The fourth-order valence-corrected chi connectivity index (χ4v) is 4.91. The van der Waals surface area contributed by atoms with Crippen LogP contribution in [0.4, 0.5) is 0 Å². The van der Waals surface area contributed by atoms with E-state index in [2.05, 4.69) is 48.6 Å². The molecule has 4 rings (SSSR count). The molecule has 1 saturated heterocycles. The zero-order valence-corrected chi connectivity index (χ0v) is 21.9. The summed E-state index contributed by atoms with van der Waals surface area (Å²) in [7, 11) is 0. The molecule has 0 radical (unpaired) electrons. The molecule has 0 unspecified atom stereocenters. The van der Waals surface area contributed by atoms with Crippen molar-refractivity contribution in [2.45, 2.75) is 26.2 Å². The fraction of sp³-hybridized carbons (Fsp3) is 0.258. The van der Waals surface area contributed by atoms with Crippen molar-refractivity contribution in [3.63, 3.8) is 0 Å². The first kappa shape index (κ1) is 25.6. The SMILES string of the molecule is C=C/C(=C\N)c1ccc(-c2cc(Cl)c3ccc(C(=C)N4CCN(C(=C)CCCC)CC4)cc3n2)cc1. The van der Waals surface area contributed by atoms with Gasteiger partial charge in [0.1, 0.15) is 0 Å². The lowest BCUT2D eigenvalue weighted by molar-refractivity contribution is 0.209. The molecule has 2 heterocycles. The maximum Gasteiger partial charge on any atom is 0.0731 e. The first-order valence-electron chi connectivity index (χ1n) is 12.6. The van der Waals surface area contributed by atoms with Crippen LogP contribution in [-0.2, 0) is 0 Å². The summed E-state index contributed by atoms with van der Waals surface area (Å²) >= 11 is 6.68. The summed E-state index contributed by atoms with van der Waals surface area (Å²) in [6.45, 7) is 18.6. The predicted octanol–water partition coefficient (Wildman–Crippen LogP) is 7.33. The molecule has 1 aliphatic heterocycles. The number of pyridine rings is 1. The molecule has 0 bridgehead atoms. The number of hydrogen-bond donors (Lipinski definition) is 1. The quantitative estimate of drug-likeness (QED) is 0.313. The molecule has 186 valence electrons. The van der Waals surface area contributed by atoms with Gasteiger partial charge >= 0.3 is 0 Å². The minimum absolute atomic E-state index is 0.684. The normalized spacial score (nSPS) is 14.2. The Morgan fingerprint density at radius 3 is 2.31 bits per heavy atom. The van der Waals surface area contributed by atoms with Crippen LogP contribution in [0.1, 0.15) is 37.3 Å². The first-order chi connectivity index (χ1) is 17.4. The summed E-state index contributed by atoms with van der Waals surface area (Å²) in [4.78, 5) is 9.72. The van der Waals surface area contributed by atoms with Crippen LogP contribution in [0.2, 0.25) is 5.02 Å². The number of allylic oxidation sites excluding steroid dienone is 3. The van der Waals surface area contributed by atoms with Gasteiger partial charge < -0.3 is 15.5 Å². The number of nitrogens with two attached hydrogens (primary N) is 1. The topological polar surface area (TPSA) is 45.4 Å². The first-order valence-corrected chi connectivity index (χ1v) is 12.9. The van der Waals surface area contributed by atoms with E-state index in [4.69, 9.17) is 22.3 Å². The van der Waals surface area contributed by atoms with Crippen LogP contribution in [0.15, 0.2) is 86.2 Å². The lowest BCUT2D eigenvalue weighted by Crippen LogP contribution is -2.44. The highest BCUT2D eigenvalue weighted by atomic mass is 35.5. The summed E-state index contributed by atoms with van der Waals surface area (Å²) in [6.07, 6.45) is 6.79. The summed E-state index contributed by atoms with van der Waals surface area (Å²) in [6, 6.07) is 16.3. The smallest absolute Gasteiger partial charge is 0.0731 e. The summed E-state index contributed by atoms with van der Waals surface area (Å²) in [5.41, 5.74) is 13.6. The van der Waals surface area contributed by atoms with Gasteiger partial charge in [0.2, 0.25) is 0 Å². The second kappa shape index (κ2) is 11.5. The van der Waals surface area contributed by atoms with Crippen molar-refractivity contribution in [3.05, 3.63) is 102 Å². The van der Waals surface area contributed by atoms with Gasteiger partial charge in [-0.25, -0.2) is 4.98 Å². The number of halogens is 1. The highest BCUT2D eigenvalue weighted by Crippen LogP contribution is 2.31. The van der Waals surface area contributed by atoms with Crippen LogP contribution in [0.25, 0.3) is 33.4 Å². The Balaban J connectivity index is 1.53. The van der Waals surface area contributed by atoms with Gasteiger partial charge in [0, 0.05) is 54.7 Å². The molecule has 0 spiro atoms. The van der Waals surface area contributed by atoms with E-state index < -0.39 is 0 Å². The van der Waals surface area contributed by atoms with E-state index in [0.717, 1.165) is 77.2 Å². The maximum absolute atomic E-state index is 6.68. The molecular formula is C31H35ClN4. The van der Waals surface area contributed by atoms with Crippen LogP contribution in [0.3, 0.4) is 0 Å². The number of aromatic nitrogens is 1. The van der Waals surface area contributed by atoms with Gasteiger partial charge in [-0.15, -0.1) is 0 Å². The lowest BCUT2D eigenvalue weighted by atomic mass is 10.0. The van der Waals surface area contributed by atoms with Gasteiger partial charge in [0.25, 0.3) is 0 Å². The van der Waals surface area contributed by atoms with Crippen molar-refractivity contribution in [1.29, 1.82) is 0 Å². The lowest BCUT2D eigenvalue weighted by Gasteiger charge is -2.39. The van der Waals surface area contributed by atoms with E-state index in [1.807, 2.05) is 36.4 Å². The molecule has 0 saturated carbocycles. The molecule has 3 aromatic rings. The molecule has 4 nitrogen and oxygen atoms in total. The zero-order valence-electron chi connectivity index (χ0n) is 21.1. The maximum atomic E-state index is 6.68. The summed E-state index contributed by atoms with van der Waals surface area (Å²) in [5, 5.41) is 1.62. The largest absolute Gasteiger partial charge is 0.404 e. The second-order valence-corrected chi connectivity index (χ2v) is 9.62. The molecule has 0 aliphatic carbocycles. The van der Waals surface area contributed by atoms with Crippen molar-refractivity contribution >= 4 is 33.8 Å². The van der Waals surface area contributed by atoms with Crippen LogP contribution in [0, 0.1) is 0 Å². The van der Waals surface area contributed by atoms with Gasteiger partial charge in [-0.3, -0.25) is 0 Å². The highest BCUT2D eigenvalue weighted by molar-refractivity contribution is 6.35. The Morgan fingerprint density at radius 1 is 1.00 bits per heavy atom. The van der Waals surface area contributed by atoms with Crippen molar-refractivity contribution in [1.82, 2.24) is 14.8 Å². The summed E-state index contributed by atoms with van der Waals surface area (Å²) in [5.74, 6) is 0. The third kappa shape index (κ3) is 5.50. The minimum atomic E-state index is 0.684. The highest BCUT2D eigenvalue weighted by Gasteiger charge is 2.20. The number of hydrogen-bond acceptors (Lipinski definition) is 4. The monoisotopic (exact) mass is 498 g/mol. The Bertz CT molecular complexity index is 1300. The van der Waals surface area contributed by atoms with Crippen molar-refractivity contribution in [3.8, 4) is 11.3 Å². The molecule has 1 aromatic heterocycles. The number of fused-ring (bicyclic) bond motifs is 1. The van der Waals surface area contributed by atoms with E-state index in [9.17, 15) is 0 Å².